The Morgan fingerprint density at radius 3 is 2.03 bits per heavy atom. The number of anilines is 2. The molecule has 9 aromatic carbocycles. The van der Waals surface area contributed by atoms with E-state index in [0.717, 1.165) is 49.9 Å². The number of aromatic nitrogens is 1. The summed E-state index contributed by atoms with van der Waals surface area (Å²) < 4.78 is 19.5. The summed E-state index contributed by atoms with van der Waals surface area (Å²) >= 11 is 1.95. The highest BCUT2D eigenvalue weighted by molar-refractivity contribution is 7.26. The first kappa shape index (κ1) is 41.1. The lowest BCUT2D eigenvalue weighted by molar-refractivity contribution is 0.332. The smallest absolute Gasteiger partial charge is 0.333 e. The SMILES string of the molecule is CC(C)(C)c1ccc2c(c1)c1c3c(oc4ccccc43)c3c4c1n2-c1cc2oc5ccccc5c2cc1B4N(c1cccc(-c2ccccc2)c1)c1cc2sc4cc5c(cc4c2cc1-3)C(C)(C)CCC5(C)C. The Kier molecular flexibility index (Phi) is 7.82. The van der Waals surface area contributed by atoms with Crippen molar-refractivity contribution in [2.45, 2.75) is 77.6 Å². The maximum atomic E-state index is 7.43. The van der Waals surface area contributed by atoms with Crippen LogP contribution in [0, 0.1) is 0 Å². The van der Waals surface area contributed by atoms with Crippen molar-refractivity contribution in [3.8, 4) is 27.9 Å². The van der Waals surface area contributed by atoms with Gasteiger partial charge >= 0.3 is 6.85 Å². The highest BCUT2D eigenvalue weighted by atomic mass is 32.1. The maximum absolute atomic E-state index is 7.43. The summed E-state index contributed by atoms with van der Waals surface area (Å²) in [6.45, 7) is 16.5. The summed E-state index contributed by atoms with van der Waals surface area (Å²) in [5.41, 5.74) is 21.3. The van der Waals surface area contributed by atoms with Crippen LogP contribution in [0.5, 0.6) is 0 Å². The molecule has 0 saturated carbocycles. The largest absolute Gasteiger partial charge is 0.456 e. The molecule has 2 aliphatic heterocycles. The Labute approximate surface area is 422 Å². The molecule has 13 aromatic rings. The third-order valence-electron chi connectivity index (χ3n) is 17.3. The lowest BCUT2D eigenvalue weighted by Crippen LogP contribution is -2.60. The predicted octanol–water partition coefficient (Wildman–Crippen LogP) is 17.5. The minimum Gasteiger partial charge on any atom is -0.456 e. The number of rotatable bonds is 2. The Morgan fingerprint density at radius 1 is 0.542 bits per heavy atom. The van der Waals surface area contributed by atoms with Gasteiger partial charge in [0, 0.05) is 86.7 Å². The van der Waals surface area contributed by atoms with Crippen LogP contribution in [0.2, 0.25) is 0 Å². The number of hydrogen-bond donors (Lipinski definition) is 0. The first-order valence-corrected chi connectivity index (χ1v) is 26.5. The van der Waals surface area contributed by atoms with E-state index in [-0.39, 0.29) is 23.1 Å². The number of benzene rings is 9. The van der Waals surface area contributed by atoms with Crippen LogP contribution in [0.3, 0.4) is 0 Å². The van der Waals surface area contributed by atoms with E-state index in [2.05, 4.69) is 216 Å². The van der Waals surface area contributed by atoms with Crippen molar-refractivity contribution in [1.82, 2.24) is 4.57 Å². The monoisotopic (exact) mass is 946 g/mol. The Balaban J connectivity index is 1.12. The van der Waals surface area contributed by atoms with Crippen LogP contribution in [0.4, 0.5) is 11.4 Å². The van der Waals surface area contributed by atoms with Gasteiger partial charge in [0.15, 0.2) is 0 Å². The van der Waals surface area contributed by atoms with E-state index in [9.17, 15) is 0 Å². The average molecular weight is 947 g/mol. The molecule has 16 rings (SSSR count). The summed E-state index contributed by atoms with van der Waals surface area (Å²) in [6, 6.07) is 59.6. The number of hydrogen-bond acceptors (Lipinski definition) is 4. The second-order valence-electron chi connectivity index (χ2n) is 23.5. The maximum Gasteiger partial charge on any atom is 0.333 e. The van der Waals surface area contributed by atoms with Crippen molar-refractivity contribution in [1.29, 1.82) is 0 Å². The van der Waals surface area contributed by atoms with Crippen molar-refractivity contribution in [2.75, 3.05) is 4.81 Å². The second-order valence-corrected chi connectivity index (χ2v) is 24.5. The number of thiophene rings is 1. The van der Waals surface area contributed by atoms with Gasteiger partial charge in [0.2, 0.25) is 0 Å². The van der Waals surface area contributed by atoms with Gasteiger partial charge in [-0.15, -0.1) is 11.3 Å². The third kappa shape index (κ3) is 5.33. The van der Waals surface area contributed by atoms with Gasteiger partial charge in [-0.3, -0.25) is 0 Å². The summed E-state index contributed by atoms with van der Waals surface area (Å²) in [5, 5.41) is 9.72. The Bertz CT molecular complexity index is 4570. The van der Waals surface area contributed by atoms with Gasteiger partial charge in [-0.05, 0) is 128 Å². The van der Waals surface area contributed by atoms with Crippen LogP contribution >= 0.6 is 11.3 Å². The van der Waals surface area contributed by atoms with Gasteiger partial charge in [0.25, 0.3) is 0 Å². The van der Waals surface area contributed by atoms with Crippen LogP contribution in [0.25, 0.3) is 114 Å². The minimum absolute atomic E-state index is 0.0616. The zero-order valence-corrected chi connectivity index (χ0v) is 42.4. The van der Waals surface area contributed by atoms with Crippen molar-refractivity contribution in [3.63, 3.8) is 0 Å². The molecule has 6 heteroatoms. The van der Waals surface area contributed by atoms with E-state index in [4.69, 9.17) is 8.83 Å². The molecule has 4 nitrogen and oxygen atoms in total. The number of para-hydroxylation sites is 2. The molecule has 0 amide bonds. The van der Waals surface area contributed by atoms with Gasteiger partial charge < -0.3 is 18.2 Å². The fourth-order valence-corrected chi connectivity index (χ4v) is 14.7. The summed E-state index contributed by atoms with van der Waals surface area (Å²) in [6.07, 6.45) is 2.36. The molecule has 0 N–H and O–H groups in total. The average Bonchev–Trinajstić information content (AvgIpc) is 4.14. The number of nitrogens with zero attached hydrogens (tertiary/aromatic N) is 2. The van der Waals surface area contributed by atoms with Crippen molar-refractivity contribution >= 4 is 126 Å². The summed E-state index contributed by atoms with van der Waals surface area (Å²) in [5.74, 6) is 0. The number of fused-ring (bicyclic) bond motifs is 20. The first-order chi connectivity index (χ1) is 34.8. The first-order valence-electron chi connectivity index (χ1n) is 25.7. The Hall–Kier alpha value is -7.54. The molecule has 3 aliphatic rings. The standard InChI is InChI=1S/C66H51BN2O2S/c1-64(2,3)38-24-25-50-45(29-38)58-59-41-21-12-14-23-54(41)71-63(59)60-46-30-43-44-31-47-48(66(6,7)27-26-65(47,4)5)33-56(44)72-57(43)35-51(46)69(39-19-15-18-37(28-39)36-16-9-8-10-17-36)67-49-32-42-40-20-11-13-22-53(40)70-55(42)34-52(49)68(50)62(58)61(60)67/h8-25,28-35H,26-27H2,1-7H3. The lowest BCUT2D eigenvalue weighted by atomic mass is 9.43. The van der Waals surface area contributed by atoms with Gasteiger partial charge in [-0.25, -0.2) is 0 Å². The Morgan fingerprint density at radius 2 is 1.24 bits per heavy atom. The molecule has 72 heavy (non-hydrogen) atoms. The molecule has 6 heterocycles. The van der Waals surface area contributed by atoms with Crippen LogP contribution in [0.1, 0.15) is 78.0 Å². The molecule has 0 atom stereocenters. The van der Waals surface area contributed by atoms with E-state index in [1.165, 1.54) is 116 Å². The molecule has 4 aromatic heterocycles. The molecule has 0 saturated heterocycles. The van der Waals surface area contributed by atoms with Gasteiger partial charge in [-0.1, -0.05) is 139 Å². The van der Waals surface area contributed by atoms with E-state index in [1.807, 2.05) is 11.3 Å². The fraction of sp³-hybridized carbons (Fsp3) is 0.182. The van der Waals surface area contributed by atoms with E-state index in [1.54, 1.807) is 0 Å². The van der Waals surface area contributed by atoms with E-state index >= 15 is 0 Å². The lowest BCUT2D eigenvalue weighted by Gasteiger charge is -2.42. The van der Waals surface area contributed by atoms with Crippen LogP contribution in [-0.4, -0.2) is 11.4 Å². The molecule has 0 fully saturated rings. The van der Waals surface area contributed by atoms with E-state index in [0.29, 0.717) is 0 Å². The molecular formula is C66H51BN2O2S. The van der Waals surface area contributed by atoms with Gasteiger partial charge in [-0.2, -0.15) is 0 Å². The minimum atomic E-state index is -0.230. The van der Waals surface area contributed by atoms with Gasteiger partial charge in [0.1, 0.15) is 22.3 Å². The normalized spacial score (nSPS) is 15.8. The molecule has 0 radical (unpaired) electrons. The third-order valence-corrected chi connectivity index (χ3v) is 18.5. The summed E-state index contributed by atoms with van der Waals surface area (Å²) in [7, 11) is 0. The van der Waals surface area contributed by atoms with Gasteiger partial charge in [0.05, 0.1) is 11.0 Å². The highest BCUT2D eigenvalue weighted by Crippen LogP contribution is 2.55. The van der Waals surface area contributed by atoms with Crippen LogP contribution < -0.4 is 15.7 Å². The molecular weight excluding hydrogens is 896 g/mol. The zero-order chi connectivity index (χ0) is 48.3. The fourth-order valence-electron chi connectivity index (χ4n) is 13.5. The molecule has 0 spiro atoms. The topological polar surface area (TPSA) is 34.5 Å². The molecule has 0 bridgehead atoms. The van der Waals surface area contributed by atoms with Crippen molar-refractivity contribution in [2.24, 2.45) is 0 Å². The quantitative estimate of drug-likeness (QED) is 0.162. The second kappa shape index (κ2) is 13.7. The molecule has 1 aliphatic carbocycles. The predicted molar refractivity (Wildman–Crippen MR) is 307 cm³/mol. The highest BCUT2D eigenvalue weighted by Gasteiger charge is 2.47. The number of furan rings is 2. The van der Waals surface area contributed by atoms with Crippen molar-refractivity contribution in [3.05, 3.63) is 174 Å². The molecule has 346 valence electrons. The van der Waals surface area contributed by atoms with E-state index < -0.39 is 0 Å². The van der Waals surface area contributed by atoms with Crippen LogP contribution in [0.15, 0.2) is 167 Å². The van der Waals surface area contributed by atoms with Crippen LogP contribution in [-0.2, 0) is 16.2 Å². The zero-order valence-electron chi connectivity index (χ0n) is 41.6. The molecule has 0 unspecified atom stereocenters. The summed E-state index contributed by atoms with van der Waals surface area (Å²) in [4.78, 5) is 2.69. The van der Waals surface area contributed by atoms with Crippen molar-refractivity contribution < 1.29 is 8.83 Å².